The predicted molar refractivity (Wildman–Crippen MR) is 155 cm³/mol. The molecular formula is C30H25ClFN5O6. The maximum atomic E-state index is 13.7. The van der Waals surface area contributed by atoms with Gasteiger partial charge in [-0.25, -0.2) is 9.37 Å². The van der Waals surface area contributed by atoms with Crippen LogP contribution in [0.5, 0.6) is 17.4 Å². The number of carbonyl (C=O) groups excluding carboxylic acids is 4. The number of anilines is 2. The van der Waals surface area contributed by atoms with Crippen molar-refractivity contribution < 1.29 is 33.0 Å². The number of aromatic nitrogens is 2. The molecule has 0 unspecified atom stereocenters. The van der Waals surface area contributed by atoms with Gasteiger partial charge in [0.2, 0.25) is 17.7 Å². The van der Waals surface area contributed by atoms with E-state index in [1.807, 2.05) is 0 Å². The molecule has 2 heterocycles. The molecule has 1 fully saturated rings. The summed E-state index contributed by atoms with van der Waals surface area (Å²) >= 11 is 6.58. The molecule has 4 aromatic rings. The zero-order chi connectivity index (χ0) is 30.9. The molecule has 43 heavy (non-hydrogen) atoms. The van der Waals surface area contributed by atoms with Gasteiger partial charge in [0.05, 0.1) is 23.0 Å². The Morgan fingerprint density at radius 2 is 1.77 bits per heavy atom. The second-order valence-electron chi connectivity index (χ2n) is 9.89. The van der Waals surface area contributed by atoms with Crippen molar-refractivity contribution in [2.45, 2.75) is 19.8 Å². The number of carbonyl (C=O) groups is 4. The Morgan fingerprint density at radius 3 is 2.37 bits per heavy atom. The van der Waals surface area contributed by atoms with E-state index in [2.05, 4.69) is 15.3 Å². The fourth-order valence-electron chi connectivity index (χ4n) is 4.44. The highest BCUT2D eigenvalue weighted by molar-refractivity contribution is 6.32. The number of ketones is 1. The SMILES string of the molecule is CNC(=O)c1cc2c(Oc3ncc(N(C(=O)C4(C(N)=O)CC4)c4ccc(F)cc4)cc3Cl)ccnc2cc1OCC(C)=O. The summed E-state index contributed by atoms with van der Waals surface area (Å²) in [5.41, 5.74) is 5.23. The fourth-order valence-corrected chi connectivity index (χ4v) is 4.64. The van der Waals surface area contributed by atoms with Crippen molar-refractivity contribution >= 4 is 57.4 Å². The Labute approximate surface area is 249 Å². The highest BCUT2D eigenvalue weighted by atomic mass is 35.5. The van der Waals surface area contributed by atoms with Crippen LogP contribution < -0.4 is 25.4 Å². The molecule has 3 N–H and O–H groups in total. The van der Waals surface area contributed by atoms with Gasteiger partial charge in [-0.2, -0.15) is 0 Å². The van der Waals surface area contributed by atoms with Gasteiger partial charge < -0.3 is 20.5 Å². The smallest absolute Gasteiger partial charge is 0.254 e. The first kappa shape index (κ1) is 29.4. The first-order chi connectivity index (χ1) is 20.5. The number of amides is 3. The van der Waals surface area contributed by atoms with E-state index in [9.17, 15) is 23.6 Å². The van der Waals surface area contributed by atoms with E-state index in [1.54, 1.807) is 6.07 Å². The number of fused-ring (bicyclic) bond motifs is 1. The topological polar surface area (TPSA) is 154 Å². The van der Waals surface area contributed by atoms with Crippen LogP contribution in [0.3, 0.4) is 0 Å². The lowest BCUT2D eigenvalue weighted by Crippen LogP contribution is -2.41. The number of nitrogens with two attached hydrogens (primary N) is 1. The van der Waals surface area contributed by atoms with Gasteiger partial charge in [-0.3, -0.25) is 29.1 Å². The van der Waals surface area contributed by atoms with Gasteiger partial charge in [-0.1, -0.05) is 11.6 Å². The van der Waals surface area contributed by atoms with E-state index in [0.717, 1.165) is 0 Å². The minimum atomic E-state index is -1.37. The van der Waals surface area contributed by atoms with Gasteiger partial charge in [0.25, 0.3) is 5.91 Å². The maximum absolute atomic E-state index is 13.7. The minimum absolute atomic E-state index is 0.0132. The second kappa shape index (κ2) is 11.6. The van der Waals surface area contributed by atoms with Crippen LogP contribution in [0.1, 0.15) is 30.1 Å². The molecule has 2 aromatic carbocycles. The number of Topliss-reactive ketones (excluding diaryl/α,β-unsaturated/α-hetero) is 1. The molecule has 0 bridgehead atoms. The van der Waals surface area contributed by atoms with Gasteiger partial charge in [0.1, 0.15) is 34.4 Å². The molecule has 0 aliphatic heterocycles. The summed E-state index contributed by atoms with van der Waals surface area (Å²) in [6, 6.07) is 11.2. The number of benzene rings is 2. The zero-order valence-electron chi connectivity index (χ0n) is 23.0. The Bertz CT molecular complexity index is 1780. The molecule has 0 spiro atoms. The molecule has 13 heteroatoms. The molecule has 2 aromatic heterocycles. The fraction of sp³-hybridized carbons (Fsp3) is 0.200. The minimum Gasteiger partial charge on any atom is -0.485 e. The van der Waals surface area contributed by atoms with Crippen LogP contribution in [0.2, 0.25) is 5.02 Å². The number of ether oxygens (including phenoxy) is 2. The Kier molecular flexibility index (Phi) is 7.96. The van der Waals surface area contributed by atoms with Gasteiger partial charge in [-0.15, -0.1) is 0 Å². The van der Waals surface area contributed by atoms with Crippen molar-refractivity contribution in [1.82, 2.24) is 15.3 Å². The number of nitrogens with one attached hydrogen (secondary N) is 1. The van der Waals surface area contributed by atoms with E-state index in [0.29, 0.717) is 10.9 Å². The standard InChI is InChI=1S/C30H25ClFN5O6/c1-16(38)15-42-25-13-23-20(12-21(25)26(39)34-2)24(7-10-35-23)43-27-22(31)11-19(14-36-27)37(18-5-3-17(32)4-6-18)29(41)30(8-9-30)28(33)40/h3-7,10-14H,8-9,15H2,1-2H3,(H2,33,40)(H,34,39). The number of halogens is 2. The maximum Gasteiger partial charge on any atom is 0.254 e. The lowest BCUT2D eigenvalue weighted by molar-refractivity contribution is -0.133. The molecule has 0 radical (unpaired) electrons. The average Bonchev–Trinajstić information content (AvgIpc) is 3.80. The van der Waals surface area contributed by atoms with Gasteiger partial charge in [0, 0.05) is 30.4 Å². The van der Waals surface area contributed by atoms with Crippen molar-refractivity contribution in [3.05, 3.63) is 77.3 Å². The third-order valence-electron chi connectivity index (χ3n) is 6.88. The zero-order valence-corrected chi connectivity index (χ0v) is 23.8. The van der Waals surface area contributed by atoms with Crippen molar-refractivity contribution in [1.29, 1.82) is 0 Å². The summed E-state index contributed by atoms with van der Waals surface area (Å²) in [6.07, 6.45) is 3.38. The molecule has 5 rings (SSSR count). The highest BCUT2D eigenvalue weighted by Gasteiger charge is 2.57. The first-order valence-corrected chi connectivity index (χ1v) is 13.4. The molecule has 0 atom stereocenters. The van der Waals surface area contributed by atoms with Crippen LogP contribution in [-0.4, -0.2) is 47.1 Å². The van der Waals surface area contributed by atoms with Crippen LogP contribution in [0, 0.1) is 11.2 Å². The molecule has 1 aliphatic rings. The van der Waals surface area contributed by atoms with Crippen LogP contribution in [0.15, 0.2) is 60.9 Å². The average molecular weight is 606 g/mol. The lowest BCUT2D eigenvalue weighted by atomic mass is 10.0. The quantitative estimate of drug-likeness (QED) is 0.251. The molecule has 3 amide bonds. The number of hydrogen-bond acceptors (Lipinski definition) is 8. The molecule has 0 saturated heterocycles. The van der Waals surface area contributed by atoms with Crippen LogP contribution in [-0.2, 0) is 14.4 Å². The Morgan fingerprint density at radius 1 is 1.05 bits per heavy atom. The highest BCUT2D eigenvalue weighted by Crippen LogP contribution is 2.49. The van der Waals surface area contributed by atoms with Crippen molar-refractivity contribution in [3.8, 4) is 17.4 Å². The van der Waals surface area contributed by atoms with Crippen molar-refractivity contribution in [3.63, 3.8) is 0 Å². The summed E-state index contributed by atoms with van der Waals surface area (Å²) in [5.74, 6) is -2.12. The monoisotopic (exact) mass is 605 g/mol. The summed E-state index contributed by atoms with van der Waals surface area (Å²) in [5, 5.41) is 2.98. The van der Waals surface area contributed by atoms with E-state index >= 15 is 0 Å². The van der Waals surface area contributed by atoms with Gasteiger partial charge in [-0.05, 0) is 62.2 Å². The molecule has 11 nitrogen and oxygen atoms in total. The van der Waals surface area contributed by atoms with Gasteiger partial charge >= 0.3 is 0 Å². The summed E-state index contributed by atoms with van der Waals surface area (Å²) in [7, 11) is 1.46. The van der Waals surface area contributed by atoms with Crippen LogP contribution in [0.25, 0.3) is 10.9 Å². The lowest BCUT2D eigenvalue weighted by Gasteiger charge is -2.26. The number of hydrogen-bond donors (Lipinski definition) is 2. The third-order valence-corrected chi connectivity index (χ3v) is 7.15. The number of rotatable bonds is 10. The number of pyridine rings is 2. The predicted octanol–water partition coefficient (Wildman–Crippen LogP) is 4.47. The Balaban J connectivity index is 1.52. The number of nitrogens with zero attached hydrogens (tertiary/aromatic N) is 3. The second-order valence-corrected chi connectivity index (χ2v) is 10.3. The first-order valence-electron chi connectivity index (χ1n) is 13.0. The van der Waals surface area contributed by atoms with Gasteiger partial charge in [0.15, 0.2) is 5.78 Å². The van der Waals surface area contributed by atoms with E-state index < -0.39 is 29.0 Å². The molecule has 1 saturated carbocycles. The molecular weight excluding hydrogens is 581 g/mol. The van der Waals surface area contributed by atoms with E-state index in [4.69, 9.17) is 26.8 Å². The summed E-state index contributed by atoms with van der Waals surface area (Å²) < 4.78 is 25.2. The number of primary amides is 1. The van der Waals surface area contributed by atoms with Crippen LogP contribution in [0.4, 0.5) is 15.8 Å². The summed E-state index contributed by atoms with van der Waals surface area (Å²) in [6.45, 7) is 1.14. The van der Waals surface area contributed by atoms with E-state index in [-0.39, 0.29) is 64.6 Å². The Hall–Kier alpha value is -5.10. The molecule has 1 aliphatic carbocycles. The molecule has 220 valence electrons. The largest absolute Gasteiger partial charge is 0.485 e. The summed E-state index contributed by atoms with van der Waals surface area (Å²) in [4.78, 5) is 59.6. The van der Waals surface area contributed by atoms with Crippen LogP contribution >= 0.6 is 11.6 Å². The van der Waals surface area contributed by atoms with Crippen molar-refractivity contribution in [2.75, 3.05) is 18.6 Å². The normalized spacial score (nSPS) is 13.2. The third kappa shape index (κ3) is 5.82. The van der Waals surface area contributed by atoms with Crippen molar-refractivity contribution in [2.24, 2.45) is 11.1 Å². The van der Waals surface area contributed by atoms with E-state index in [1.165, 1.54) is 73.7 Å².